The standard InChI is InChI=1S/C15H16F3N3O3S/c1-11(22)12-4-3-5-13(8-12)25(23,24)20(2)9-14-19-6-7-21(14)10-15(16,17)18/h3-8H,9-10H2,1-2H3. The first-order valence-electron chi connectivity index (χ1n) is 7.15. The average molecular weight is 375 g/mol. The Hall–Kier alpha value is -2.20. The first-order chi connectivity index (χ1) is 11.5. The van der Waals surface area contributed by atoms with Crippen LogP contribution in [0.2, 0.25) is 0 Å². The molecule has 0 radical (unpaired) electrons. The fraction of sp³-hybridized carbons (Fsp3) is 0.333. The van der Waals surface area contributed by atoms with Gasteiger partial charge in [-0.25, -0.2) is 13.4 Å². The van der Waals surface area contributed by atoms with Crippen LogP contribution in [-0.4, -0.2) is 41.3 Å². The molecule has 6 nitrogen and oxygen atoms in total. The van der Waals surface area contributed by atoms with Crippen molar-refractivity contribution in [2.45, 2.75) is 31.1 Å². The van der Waals surface area contributed by atoms with Crippen LogP contribution in [0.25, 0.3) is 0 Å². The van der Waals surface area contributed by atoms with Gasteiger partial charge < -0.3 is 4.57 Å². The number of halogens is 3. The predicted octanol–water partition coefficient (Wildman–Crippen LogP) is 2.47. The molecule has 136 valence electrons. The Bertz CT molecular complexity index is 875. The van der Waals surface area contributed by atoms with Gasteiger partial charge in [0.2, 0.25) is 10.0 Å². The number of aromatic nitrogens is 2. The molecule has 2 aromatic rings. The topological polar surface area (TPSA) is 72.3 Å². The van der Waals surface area contributed by atoms with Crippen molar-refractivity contribution in [2.75, 3.05) is 7.05 Å². The summed E-state index contributed by atoms with van der Waals surface area (Å²) < 4.78 is 64.5. The van der Waals surface area contributed by atoms with Crippen LogP contribution in [0.5, 0.6) is 0 Å². The molecular formula is C15H16F3N3O3S. The van der Waals surface area contributed by atoms with Gasteiger partial charge in [-0.3, -0.25) is 4.79 Å². The van der Waals surface area contributed by atoms with Gasteiger partial charge in [0.1, 0.15) is 12.4 Å². The first kappa shape index (κ1) is 19.1. The number of rotatable bonds is 6. The highest BCUT2D eigenvalue weighted by molar-refractivity contribution is 7.89. The molecule has 0 atom stereocenters. The third kappa shape index (κ3) is 4.67. The monoisotopic (exact) mass is 375 g/mol. The van der Waals surface area contributed by atoms with Gasteiger partial charge >= 0.3 is 6.18 Å². The number of ketones is 1. The number of benzene rings is 1. The lowest BCUT2D eigenvalue weighted by atomic mass is 10.2. The van der Waals surface area contributed by atoms with Gasteiger partial charge in [0.25, 0.3) is 0 Å². The summed E-state index contributed by atoms with van der Waals surface area (Å²) >= 11 is 0. The summed E-state index contributed by atoms with van der Waals surface area (Å²) in [7, 11) is -2.75. The summed E-state index contributed by atoms with van der Waals surface area (Å²) in [6, 6.07) is 5.47. The zero-order valence-electron chi connectivity index (χ0n) is 13.5. The number of Topliss-reactive ketones (excluding diaryl/α,β-unsaturated/α-hetero) is 1. The van der Waals surface area contributed by atoms with Crippen molar-refractivity contribution in [2.24, 2.45) is 0 Å². The van der Waals surface area contributed by atoms with E-state index in [1.54, 1.807) is 0 Å². The van der Waals surface area contributed by atoms with E-state index in [0.717, 1.165) is 15.1 Å². The summed E-state index contributed by atoms with van der Waals surface area (Å²) in [5, 5.41) is 0. The van der Waals surface area contributed by atoms with Crippen molar-refractivity contribution >= 4 is 15.8 Å². The van der Waals surface area contributed by atoms with Crippen molar-refractivity contribution in [1.82, 2.24) is 13.9 Å². The van der Waals surface area contributed by atoms with Gasteiger partial charge in [0.15, 0.2) is 5.78 Å². The van der Waals surface area contributed by atoms with Crippen LogP contribution >= 0.6 is 0 Å². The summed E-state index contributed by atoms with van der Waals surface area (Å²) in [6.07, 6.45) is -2.12. The van der Waals surface area contributed by atoms with E-state index in [4.69, 9.17) is 0 Å². The van der Waals surface area contributed by atoms with Crippen molar-refractivity contribution < 1.29 is 26.4 Å². The quantitative estimate of drug-likeness (QED) is 0.727. The van der Waals surface area contributed by atoms with Crippen molar-refractivity contribution in [3.63, 3.8) is 0 Å². The zero-order valence-corrected chi connectivity index (χ0v) is 14.3. The summed E-state index contributed by atoms with van der Waals surface area (Å²) in [5.74, 6) is -0.327. The summed E-state index contributed by atoms with van der Waals surface area (Å²) in [4.78, 5) is 15.1. The second-order valence-electron chi connectivity index (χ2n) is 5.43. The Kier molecular flexibility index (Phi) is 5.33. The summed E-state index contributed by atoms with van der Waals surface area (Å²) in [5.41, 5.74) is 0.230. The molecule has 1 heterocycles. The Morgan fingerprint density at radius 1 is 1.32 bits per heavy atom. The van der Waals surface area contributed by atoms with Gasteiger partial charge in [-0.2, -0.15) is 17.5 Å². The number of alkyl halides is 3. The minimum absolute atomic E-state index is 0.0360. The van der Waals surface area contributed by atoms with Crippen LogP contribution in [0.15, 0.2) is 41.6 Å². The second-order valence-corrected chi connectivity index (χ2v) is 7.48. The third-order valence-electron chi connectivity index (χ3n) is 3.46. The summed E-state index contributed by atoms with van der Waals surface area (Å²) in [6.45, 7) is -0.283. The van der Waals surface area contributed by atoms with Crippen LogP contribution in [0.4, 0.5) is 13.2 Å². The zero-order chi connectivity index (χ0) is 18.8. The number of nitrogens with zero attached hydrogens (tertiary/aromatic N) is 3. The first-order valence-corrected chi connectivity index (χ1v) is 8.59. The number of hydrogen-bond donors (Lipinski definition) is 0. The van der Waals surface area contributed by atoms with Gasteiger partial charge in [0, 0.05) is 25.0 Å². The Labute approximate surface area is 142 Å². The number of imidazole rings is 1. The minimum Gasteiger partial charge on any atom is -0.325 e. The number of carbonyl (C=O) groups excluding carboxylic acids is 1. The van der Waals surface area contributed by atoms with Gasteiger partial charge in [0.05, 0.1) is 11.4 Å². The van der Waals surface area contributed by atoms with Crippen LogP contribution < -0.4 is 0 Å². The molecule has 0 amide bonds. The molecule has 0 saturated carbocycles. The molecule has 0 fully saturated rings. The van der Waals surface area contributed by atoms with E-state index in [0.29, 0.717) is 0 Å². The van der Waals surface area contributed by atoms with E-state index < -0.39 is 22.7 Å². The Balaban J connectivity index is 2.26. The van der Waals surface area contributed by atoms with Crippen LogP contribution in [0, 0.1) is 0 Å². The number of sulfonamides is 1. The maximum absolute atomic E-state index is 12.6. The maximum Gasteiger partial charge on any atom is 0.406 e. The van der Waals surface area contributed by atoms with Crippen molar-refractivity contribution in [1.29, 1.82) is 0 Å². The molecule has 0 spiro atoms. The Morgan fingerprint density at radius 3 is 2.60 bits per heavy atom. The molecule has 0 aliphatic carbocycles. The lowest BCUT2D eigenvalue weighted by Gasteiger charge is -2.18. The minimum atomic E-state index is -4.44. The van der Waals surface area contributed by atoms with E-state index in [1.165, 1.54) is 44.4 Å². The van der Waals surface area contributed by atoms with Gasteiger partial charge in [-0.15, -0.1) is 0 Å². The van der Waals surface area contributed by atoms with E-state index in [2.05, 4.69) is 4.98 Å². The van der Waals surface area contributed by atoms with Crippen molar-refractivity contribution in [3.8, 4) is 0 Å². The normalized spacial score (nSPS) is 12.6. The van der Waals surface area contributed by atoms with Crippen LogP contribution in [-0.2, 0) is 23.1 Å². The number of hydrogen-bond acceptors (Lipinski definition) is 4. The lowest BCUT2D eigenvalue weighted by Crippen LogP contribution is -2.29. The molecule has 2 rings (SSSR count). The second kappa shape index (κ2) is 6.96. The molecule has 0 bridgehead atoms. The molecule has 25 heavy (non-hydrogen) atoms. The number of carbonyl (C=O) groups is 1. The van der Waals surface area contributed by atoms with E-state index in [9.17, 15) is 26.4 Å². The highest BCUT2D eigenvalue weighted by atomic mass is 32.2. The van der Waals surface area contributed by atoms with Crippen molar-refractivity contribution in [3.05, 3.63) is 48.0 Å². The average Bonchev–Trinajstić information content (AvgIpc) is 2.92. The van der Waals surface area contributed by atoms with E-state index in [-0.39, 0.29) is 28.6 Å². The Morgan fingerprint density at radius 2 is 2.00 bits per heavy atom. The third-order valence-corrected chi connectivity index (χ3v) is 5.26. The molecule has 10 heteroatoms. The van der Waals surface area contributed by atoms with E-state index >= 15 is 0 Å². The predicted molar refractivity (Wildman–Crippen MR) is 83.4 cm³/mol. The van der Waals surface area contributed by atoms with Gasteiger partial charge in [-0.05, 0) is 19.1 Å². The fourth-order valence-electron chi connectivity index (χ4n) is 2.17. The lowest BCUT2D eigenvalue weighted by molar-refractivity contribution is -0.141. The molecule has 0 aliphatic rings. The molecule has 0 unspecified atom stereocenters. The smallest absolute Gasteiger partial charge is 0.325 e. The van der Waals surface area contributed by atoms with Crippen LogP contribution in [0.3, 0.4) is 0 Å². The maximum atomic E-state index is 12.6. The molecule has 1 aromatic carbocycles. The highest BCUT2D eigenvalue weighted by Crippen LogP contribution is 2.21. The largest absolute Gasteiger partial charge is 0.406 e. The molecule has 0 aliphatic heterocycles. The highest BCUT2D eigenvalue weighted by Gasteiger charge is 2.30. The molecule has 0 N–H and O–H groups in total. The SMILES string of the molecule is CC(=O)c1cccc(S(=O)(=O)N(C)Cc2nccn2CC(F)(F)F)c1. The molecule has 1 aromatic heterocycles. The molecular weight excluding hydrogens is 359 g/mol. The van der Waals surface area contributed by atoms with E-state index in [1.807, 2.05) is 0 Å². The molecule has 0 saturated heterocycles. The fourth-order valence-corrected chi connectivity index (χ4v) is 3.34. The van der Waals surface area contributed by atoms with Gasteiger partial charge in [-0.1, -0.05) is 12.1 Å². The van der Waals surface area contributed by atoms with Crippen LogP contribution in [0.1, 0.15) is 23.1 Å².